The Kier molecular flexibility index (Phi) is 5.71. The Morgan fingerprint density at radius 2 is 1.69 bits per heavy atom. The third-order valence-corrected chi connectivity index (χ3v) is 1.93. The SMILES string of the molecule is CC(C)(O)CCCCCCC(=O)O. The van der Waals surface area contributed by atoms with Gasteiger partial charge in [0.25, 0.3) is 0 Å². The first-order valence-electron chi connectivity index (χ1n) is 4.86. The molecule has 0 aliphatic rings. The molecule has 0 aliphatic carbocycles. The van der Waals surface area contributed by atoms with Crippen LogP contribution in [0.5, 0.6) is 0 Å². The van der Waals surface area contributed by atoms with Crippen molar-refractivity contribution in [3.05, 3.63) is 0 Å². The molecule has 78 valence electrons. The Bertz CT molecular complexity index is 147. The van der Waals surface area contributed by atoms with Gasteiger partial charge in [-0.3, -0.25) is 4.79 Å². The van der Waals surface area contributed by atoms with Crippen LogP contribution in [0.2, 0.25) is 0 Å². The molecule has 3 heteroatoms. The minimum atomic E-state index is -0.720. The summed E-state index contributed by atoms with van der Waals surface area (Å²) >= 11 is 0. The van der Waals surface area contributed by atoms with Gasteiger partial charge in [-0.15, -0.1) is 0 Å². The highest BCUT2D eigenvalue weighted by Crippen LogP contribution is 2.14. The molecule has 0 spiro atoms. The number of aliphatic hydroxyl groups is 1. The monoisotopic (exact) mass is 188 g/mol. The van der Waals surface area contributed by atoms with E-state index < -0.39 is 11.6 Å². The lowest BCUT2D eigenvalue weighted by atomic mass is 10.00. The van der Waals surface area contributed by atoms with Gasteiger partial charge in [0, 0.05) is 6.42 Å². The average Bonchev–Trinajstić information content (AvgIpc) is 1.93. The fraction of sp³-hybridized carbons (Fsp3) is 0.900. The number of carboxylic acids is 1. The van der Waals surface area contributed by atoms with Crippen LogP contribution in [0.1, 0.15) is 52.4 Å². The number of rotatable bonds is 7. The van der Waals surface area contributed by atoms with Crippen LogP contribution in [0.4, 0.5) is 0 Å². The van der Waals surface area contributed by atoms with Crippen LogP contribution in [0.15, 0.2) is 0 Å². The van der Waals surface area contributed by atoms with Crippen LogP contribution in [-0.4, -0.2) is 21.8 Å². The summed E-state index contributed by atoms with van der Waals surface area (Å²) < 4.78 is 0. The molecular formula is C10H20O3. The maximum Gasteiger partial charge on any atom is 0.303 e. The lowest BCUT2D eigenvalue weighted by molar-refractivity contribution is -0.137. The summed E-state index contributed by atoms with van der Waals surface area (Å²) in [6.45, 7) is 3.59. The van der Waals surface area contributed by atoms with Crippen molar-refractivity contribution in [3.63, 3.8) is 0 Å². The first-order chi connectivity index (χ1) is 5.92. The number of carbonyl (C=O) groups is 1. The Morgan fingerprint density at radius 3 is 2.15 bits per heavy atom. The van der Waals surface area contributed by atoms with Gasteiger partial charge in [0.15, 0.2) is 0 Å². The zero-order chi connectivity index (χ0) is 10.3. The summed E-state index contributed by atoms with van der Waals surface area (Å²) in [5.74, 6) is -0.720. The molecule has 0 amide bonds. The first-order valence-corrected chi connectivity index (χ1v) is 4.86. The molecule has 0 atom stereocenters. The molecule has 0 unspecified atom stereocenters. The number of hydrogen-bond donors (Lipinski definition) is 2. The van der Waals surface area contributed by atoms with E-state index in [-0.39, 0.29) is 6.42 Å². The molecule has 3 nitrogen and oxygen atoms in total. The molecule has 0 radical (unpaired) electrons. The normalized spacial score (nSPS) is 11.6. The van der Waals surface area contributed by atoms with Crippen LogP contribution >= 0.6 is 0 Å². The smallest absolute Gasteiger partial charge is 0.303 e. The van der Waals surface area contributed by atoms with E-state index in [0.29, 0.717) is 0 Å². The summed E-state index contributed by atoms with van der Waals surface area (Å²) in [6, 6.07) is 0. The van der Waals surface area contributed by atoms with Crippen molar-refractivity contribution >= 4 is 5.97 Å². The van der Waals surface area contributed by atoms with Crippen molar-refractivity contribution in [1.29, 1.82) is 0 Å². The molecule has 0 aromatic rings. The molecule has 0 rings (SSSR count). The number of aliphatic carboxylic acids is 1. The number of hydrogen-bond acceptors (Lipinski definition) is 2. The van der Waals surface area contributed by atoms with Crippen molar-refractivity contribution in [2.24, 2.45) is 0 Å². The van der Waals surface area contributed by atoms with E-state index in [2.05, 4.69) is 0 Å². The van der Waals surface area contributed by atoms with Crippen LogP contribution in [-0.2, 0) is 4.79 Å². The summed E-state index contributed by atoms with van der Waals surface area (Å²) in [4.78, 5) is 10.2. The molecule has 0 aromatic heterocycles. The Labute approximate surface area is 79.8 Å². The lowest BCUT2D eigenvalue weighted by Gasteiger charge is -2.16. The fourth-order valence-corrected chi connectivity index (χ4v) is 1.19. The third kappa shape index (κ3) is 11.4. The second-order valence-corrected chi connectivity index (χ2v) is 4.12. The van der Waals surface area contributed by atoms with Gasteiger partial charge >= 0.3 is 5.97 Å². The highest BCUT2D eigenvalue weighted by atomic mass is 16.4. The van der Waals surface area contributed by atoms with Gasteiger partial charge in [-0.2, -0.15) is 0 Å². The first kappa shape index (κ1) is 12.4. The summed E-state index contributed by atoms with van der Waals surface area (Å²) in [5, 5.41) is 17.7. The minimum Gasteiger partial charge on any atom is -0.481 e. The van der Waals surface area contributed by atoms with Crippen molar-refractivity contribution in [1.82, 2.24) is 0 Å². The second kappa shape index (κ2) is 5.97. The maximum absolute atomic E-state index is 10.2. The van der Waals surface area contributed by atoms with Gasteiger partial charge in [0.05, 0.1) is 5.60 Å². The molecule has 0 heterocycles. The summed E-state index contributed by atoms with van der Waals surface area (Å²) in [6.07, 6.45) is 4.74. The Hall–Kier alpha value is -0.570. The molecule has 0 saturated heterocycles. The van der Waals surface area contributed by atoms with E-state index in [1.54, 1.807) is 13.8 Å². The second-order valence-electron chi connectivity index (χ2n) is 4.12. The van der Waals surface area contributed by atoms with E-state index in [1.165, 1.54) is 0 Å². The number of carboxylic acid groups (broad SMARTS) is 1. The molecule has 0 bridgehead atoms. The standard InChI is InChI=1S/C10H20O3/c1-10(2,13)8-6-4-3-5-7-9(11)12/h13H,3-8H2,1-2H3,(H,11,12). The molecule has 13 heavy (non-hydrogen) atoms. The van der Waals surface area contributed by atoms with Crippen molar-refractivity contribution < 1.29 is 15.0 Å². The highest BCUT2D eigenvalue weighted by Gasteiger charge is 2.10. The molecule has 0 aromatic carbocycles. The highest BCUT2D eigenvalue weighted by molar-refractivity contribution is 5.66. The van der Waals surface area contributed by atoms with Gasteiger partial charge < -0.3 is 10.2 Å². The third-order valence-electron chi connectivity index (χ3n) is 1.93. The van der Waals surface area contributed by atoms with E-state index in [0.717, 1.165) is 32.1 Å². The predicted molar refractivity (Wildman–Crippen MR) is 51.6 cm³/mol. The molecule has 0 aliphatic heterocycles. The van der Waals surface area contributed by atoms with Crippen molar-refractivity contribution in [2.45, 2.75) is 58.0 Å². The maximum atomic E-state index is 10.2. The average molecular weight is 188 g/mol. The van der Waals surface area contributed by atoms with Crippen LogP contribution in [0, 0.1) is 0 Å². The van der Waals surface area contributed by atoms with Crippen LogP contribution < -0.4 is 0 Å². The quantitative estimate of drug-likeness (QED) is 0.602. The zero-order valence-electron chi connectivity index (χ0n) is 8.55. The van der Waals surface area contributed by atoms with E-state index >= 15 is 0 Å². The Morgan fingerprint density at radius 1 is 1.15 bits per heavy atom. The largest absolute Gasteiger partial charge is 0.481 e. The van der Waals surface area contributed by atoms with E-state index in [4.69, 9.17) is 5.11 Å². The van der Waals surface area contributed by atoms with Gasteiger partial charge in [-0.25, -0.2) is 0 Å². The minimum absolute atomic E-state index is 0.266. The van der Waals surface area contributed by atoms with Crippen molar-refractivity contribution in [2.75, 3.05) is 0 Å². The van der Waals surface area contributed by atoms with Gasteiger partial charge in [-0.1, -0.05) is 19.3 Å². The lowest BCUT2D eigenvalue weighted by Crippen LogP contribution is -2.17. The topological polar surface area (TPSA) is 57.5 Å². The molecular weight excluding hydrogens is 168 g/mol. The molecule has 2 N–H and O–H groups in total. The fourth-order valence-electron chi connectivity index (χ4n) is 1.19. The zero-order valence-corrected chi connectivity index (χ0v) is 8.55. The number of unbranched alkanes of at least 4 members (excludes halogenated alkanes) is 3. The van der Waals surface area contributed by atoms with Gasteiger partial charge in [-0.05, 0) is 26.7 Å². The van der Waals surface area contributed by atoms with E-state index in [1.807, 2.05) is 0 Å². The van der Waals surface area contributed by atoms with Crippen LogP contribution in [0.3, 0.4) is 0 Å². The van der Waals surface area contributed by atoms with Gasteiger partial charge in [0.2, 0.25) is 0 Å². The molecule has 0 saturated carbocycles. The Balaban J connectivity index is 3.13. The predicted octanol–water partition coefficient (Wildman–Crippen LogP) is 2.18. The van der Waals surface area contributed by atoms with E-state index in [9.17, 15) is 9.90 Å². The van der Waals surface area contributed by atoms with Gasteiger partial charge in [0.1, 0.15) is 0 Å². The summed E-state index contributed by atoms with van der Waals surface area (Å²) in [5.41, 5.74) is -0.577. The summed E-state index contributed by atoms with van der Waals surface area (Å²) in [7, 11) is 0. The molecule has 0 fully saturated rings. The van der Waals surface area contributed by atoms with Crippen molar-refractivity contribution in [3.8, 4) is 0 Å². The van der Waals surface area contributed by atoms with Crippen LogP contribution in [0.25, 0.3) is 0 Å².